The van der Waals surface area contributed by atoms with Gasteiger partial charge in [-0.25, -0.2) is 0 Å². The first-order chi connectivity index (χ1) is 6.75. The molecule has 0 N–H and O–H groups in total. The van der Waals surface area contributed by atoms with Gasteiger partial charge in [-0.15, -0.1) is 0 Å². The number of benzene rings is 1. The quantitative estimate of drug-likeness (QED) is 0.602. The highest BCUT2D eigenvalue weighted by Crippen LogP contribution is 2.20. The van der Waals surface area contributed by atoms with Crippen molar-refractivity contribution in [3.8, 4) is 11.1 Å². The van der Waals surface area contributed by atoms with Crippen LogP contribution in [0.15, 0.2) is 39.9 Å². The second-order valence-corrected chi connectivity index (χ2v) is 3.57. The number of alkyl halides is 1. The summed E-state index contributed by atoms with van der Waals surface area (Å²) in [7, 11) is 0. The van der Waals surface area contributed by atoms with E-state index >= 15 is 0 Å². The molecule has 0 bridgehead atoms. The van der Waals surface area contributed by atoms with Crippen molar-refractivity contribution in [2.24, 2.45) is 0 Å². The molecule has 2 nitrogen and oxygen atoms in total. The number of hydrogen-bond donors (Lipinski definition) is 0. The Hall–Kier alpha value is -1.22. The molecule has 0 spiro atoms. The van der Waals surface area contributed by atoms with Gasteiger partial charge in [-0.05, 0) is 5.56 Å². The first-order valence-corrected chi connectivity index (χ1v) is 5.31. The maximum Gasteiger partial charge on any atom is 0.234 e. The van der Waals surface area contributed by atoms with Crippen LogP contribution in [0.5, 0.6) is 0 Å². The molecule has 70 valence electrons. The lowest BCUT2D eigenvalue weighted by atomic mass is 9.95. The third kappa shape index (κ3) is 1.24. The van der Waals surface area contributed by atoms with E-state index in [9.17, 15) is 9.59 Å². The lowest BCUT2D eigenvalue weighted by Crippen LogP contribution is -2.36. The molecule has 0 saturated heterocycles. The molecular formula is C11H7BrO2. The van der Waals surface area contributed by atoms with E-state index in [2.05, 4.69) is 15.9 Å². The van der Waals surface area contributed by atoms with Gasteiger partial charge in [0.2, 0.25) is 10.9 Å². The zero-order valence-electron chi connectivity index (χ0n) is 7.29. The Balaban J connectivity index is 2.60. The fraction of sp³-hybridized carbons (Fsp3) is 0.0909. The smallest absolute Gasteiger partial charge is 0.234 e. The SMILES string of the molecule is O=c1c(CBr)c(-c2ccccc2)c1=O. The molecule has 0 heterocycles. The Labute approximate surface area is 89.0 Å². The van der Waals surface area contributed by atoms with Crippen molar-refractivity contribution in [2.45, 2.75) is 5.33 Å². The van der Waals surface area contributed by atoms with Crippen LogP contribution in [0.4, 0.5) is 0 Å². The first kappa shape index (κ1) is 9.34. The maximum atomic E-state index is 11.3. The van der Waals surface area contributed by atoms with Crippen LogP contribution in [-0.2, 0) is 5.33 Å². The lowest BCUT2D eigenvalue weighted by molar-refractivity contribution is 1.26. The highest BCUT2D eigenvalue weighted by molar-refractivity contribution is 9.08. The summed E-state index contributed by atoms with van der Waals surface area (Å²) in [5, 5.41) is 0.446. The molecule has 0 aliphatic carbocycles. The Morgan fingerprint density at radius 3 is 2.21 bits per heavy atom. The predicted octanol–water partition coefficient (Wildman–Crippen LogP) is 1.84. The topological polar surface area (TPSA) is 34.1 Å². The van der Waals surface area contributed by atoms with E-state index in [-0.39, 0.29) is 10.9 Å². The van der Waals surface area contributed by atoms with Crippen molar-refractivity contribution < 1.29 is 0 Å². The van der Waals surface area contributed by atoms with E-state index in [1.54, 1.807) is 0 Å². The monoisotopic (exact) mass is 250 g/mol. The first-order valence-electron chi connectivity index (χ1n) is 4.19. The molecule has 0 fully saturated rings. The largest absolute Gasteiger partial charge is 0.285 e. The standard InChI is InChI=1S/C11H7BrO2/c12-6-8-9(11(14)10(8)13)7-4-2-1-3-5-7/h1-5H,6H2. The van der Waals surface area contributed by atoms with Gasteiger partial charge in [0.1, 0.15) is 0 Å². The molecule has 2 aromatic carbocycles. The van der Waals surface area contributed by atoms with Crippen molar-refractivity contribution in [3.05, 3.63) is 56.3 Å². The van der Waals surface area contributed by atoms with Gasteiger partial charge in [0.15, 0.2) is 0 Å². The Morgan fingerprint density at radius 1 is 1.00 bits per heavy atom. The van der Waals surface area contributed by atoms with Gasteiger partial charge in [-0.2, -0.15) is 0 Å². The summed E-state index contributed by atoms with van der Waals surface area (Å²) in [6.45, 7) is 0. The van der Waals surface area contributed by atoms with E-state index in [4.69, 9.17) is 0 Å². The molecule has 14 heavy (non-hydrogen) atoms. The molecule has 0 amide bonds. The summed E-state index contributed by atoms with van der Waals surface area (Å²) in [4.78, 5) is 22.4. The zero-order valence-corrected chi connectivity index (χ0v) is 8.87. The summed E-state index contributed by atoms with van der Waals surface area (Å²) in [6, 6.07) is 9.25. The summed E-state index contributed by atoms with van der Waals surface area (Å²) in [5.41, 5.74) is 1.24. The molecule has 2 aromatic rings. The molecule has 0 saturated carbocycles. The molecule has 0 aliphatic rings. The zero-order chi connectivity index (χ0) is 10.1. The van der Waals surface area contributed by atoms with Crippen LogP contribution < -0.4 is 10.9 Å². The highest BCUT2D eigenvalue weighted by Gasteiger charge is 2.20. The van der Waals surface area contributed by atoms with E-state index in [0.717, 1.165) is 5.56 Å². The van der Waals surface area contributed by atoms with Crippen molar-refractivity contribution >= 4 is 15.9 Å². The third-order valence-corrected chi connectivity index (χ3v) is 2.77. The average molecular weight is 251 g/mol. The van der Waals surface area contributed by atoms with Crippen LogP contribution in [0.25, 0.3) is 11.1 Å². The van der Waals surface area contributed by atoms with Gasteiger partial charge in [0, 0.05) is 16.5 Å². The summed E-state index contributed by atoms with van der Waals surface area (Å²) in [6.07, 6.45) is 0. The van der Waals surface area contributed by atoms with E-state index in [1.807, 2.05) is 30.3 Å². The molecule has 3 heteroatoms. The van der Waals surface area contributed by atoms with Crippen LogP contribution in [0, 0.1) is 0 Å². The molecule has 2 rings (SSSR count). The number of halogens is 1. The van der Waals surface area contributed by atoms with Gasteiger partial charge in [-0.1, -0.05) is 46.3 Å². The minimum Gasteiger partial charge on any atom is -0.285 e. The van der Waals surface area contributed by atoms with Crippen LogP contribution in [0.2, 0.25) is 0 Å². The molecule has 0 radical (unpaired) electrons. The lowest BCUT2D eigenvalue weighted by Gasteiger charge is -2.07. The Morgan fingerprint density at radius 2 is 1.64 bits per heavy atom. The van der Waals surface area contributed by atoms with Gasteiger partial charge in [-0.3, -0.25) is 9.59 Å². The van der Waals surface area contributed by atoms with Gasteiger partial charge in [0.05, 0.1) is 0 Å². The van der Waals surface area contributed by atoms with Crippen LogP contribution in [0.1, 0.15) is 5.56 Å². The highest BCUT2D eigenvalue weighted by atomic mass is 79.9. The van der Waals surface area contributed by atoms with Crippen LogP contribution in [0.3, 0.4) is 0 Å². The maximum absolute atomic E-state index is 11.3. The van der Waals surface area contributed by atoms with Crippen molar-refractivity contribution in [1.29, 1.82) is 0 Å². The number of rotatable bonds is 2. The second kappa shape index (κ2) is 3.50. The predicted molar refractivity (Wildman–Crippen MR) is 59.4 cm³/mol. The number of hydrogen-bond acceptors (Lipinski definition) is 2. The third-order valence-electron chi connectivity index (χ3n) is 2.21. The molecule has 0 unspecified atom stereocenters. The fourth-order valence-corrected chi connectivity index (χ4v) is 2.01. The van der Waals surface area contributed by atoms with Crippen molar-refractivity contribution in [2.75, 3.05) is 0 Å². The van der Waals surface area contributed by atoms with Crippen LogP contribution in [-0.4, -0.2) is 0 Å². The van der Waals surface area contributed by atoms with E-state index < -0.39 is 0 Å². The summed E-state index contributed by atoms with van der Waals surface area (Å²) < 4.78 is 0. The second-order valence-electron chi connectivity index (χ2n) is 3.01. The molecular weight excluding hydrogens is 244 g/mol. The average Bonchev–Trinajstić information content (AvgIpc) is 2.25. The van der Waals surface area contributed by atoms with Crippen molar-refractivity contribution in [3.63, 3.8) is 0 Å². The molecule has 0 atom stereocenters. The van der Waals surface area contributed by atoms with Crippen LogP contribution >= 0.6 is 15.9 Å². The molecule has 0 aliphatic heterocycles. The van der Waals surface area contributed by atoms with Gasteiger partial charge < -0.3 is 0 Å². The molecule has 0 aromatic heterocycles. The van der Waals surface area contributed by atoms with Gasteiger partial charge >= 0.3 is 0 Å². The van der Waals surface area contributed by atoms with E-state index in [1.165, 1.54) is 0 Å². The normalized spacial score (nSPS) is 10.6. The minimum absolute atomic E-state index is 0.360. The van der Waals surface area contributed by atoms with E-state index in [0.29, 0.717) is 16.5 Å². The fourth-order valence-electron chi connectivity index (χ4n) is 1.48. The Bertz CT molecular complexity index is 522. The van der Waals surface area contributed by atoms with Crippen molar-refractivity contribution in [1.82, 2.24) is 0 Å². The summed E-state index contributed by atoms with van der Waals surface area (Å²) >= 11 is 3.20. The Kier molecular flexibility index (Phi) is 2.33. The minimum atomic E-state index is -0.370. The summed E-state index contributed by atoms with van der Waals surface area (Å²) in [5.74, 6) is 0. The van der Waals surface area contributed by atoms with Gasteiger partial charge in [0.25, 0.3) is 0 Å².